The van der Waals surface area contributed by atoms with Crippen molar-refractivity contribution in [3.63, 3.8) is 0 Å². The molecule has 1 heterocycles. The third-order valence-electron chi connectivity index (χ3n) is 5.41. The molecule has 5 aromatic rings. The van der Waals surface area contributed by atoms with Gasteiger partial charge < -0.3 is 4.90 Å². The summed E-state index contributed by atoms with van der Waals surface area (Å²) in [6.07, 6.45) is 4.40. The second-order valence-corrected chi connectivity index (χ2v) is 8.31. The smallest absolute Gasteiger partial charge is 0.0468 e. The van der Waals surface area contributed by atoms with Gasteiger partial charge in [0.2, 0.25) is 0 Å². The van der Waals surface area contributed by atoms with Gasteiger partial charge in [0, 0.05) is 17.1 Å². The molecule has 1 aromatic heterocycles. The van der Waals surface area contributed by atoms with Gasteiger partial charge in [-0.2, -0.15) is 11.3 Å². The SMILES string of the molecule is C(=C\c1ccc(N(c2ccccc2)c2ccccc2)cc1-c1ccccc1)/c1ccsc1. The third kappa shape index (κ3) is 4.41. The van der Waals surface area contributed by atoms with E-state index < -0.39 is 0 Å². The van der Waals surface area contributed by atoms with Gasteiger partial charge in [-0.15, -0.1) is 0 Å². The Bertz CT molecular complexity index is 1250. The maximum Gasteiger partial charge on any atom is 0.0468 e. The molecule has 5 rings (SSSR count). The first kappa shape index (κ1) is 20.0. The zero-order valence-corrected chi connectivity index (χ0v) is 18.5. The van der Waals surface area contributed by atoms with Crippen LogP contribution in [0.4, 0.5) is 17.1 Å². The molecule has 0 spiro atoms. The highest BCUT2D eigenvalue weighted by molar-refractivity contribution is 7.08. The third-order valence-corrected chi connectivity index (χ3v) is 6.11. The summed E-state index contributed by atoms with van der Waals surface area (Å²) in [5.74, 6) is 0. The summed E-state index contributed by atoms with van der Waals surface area (Å²) in [4.78, 5) is 2.30. The molecule has 154 valence electrons. The lowest BCUT2D eigenvalue weighted by molar-refractivity contribution is 1.28. The number of thiophene rings is 1. The molecule has 0 N–H and O–H groups in total. The molecule has 0 atom stereocenters. The average molecular weight is 430 g/mol. The van der Waals surface area contributed by atoms with Gasteiger partial charge in [-0.05, 0) is 75.5 Å². The molecular formula is C30H23NS. The Morgan fingerprint density at radius 1 is 0.562 bits per heavy atom. The van der Waals surface area contributed by atoms with Gasteiger partial charge in [-0.1, -0.05) is 84.9 Å². The number of para-hydroxylation sites is 2. The number of hydrogen-bond donors (Lipinski definition) is 0. The zero-order valence-electron chi connectivity index (χ0n) is 17.6. The summed E-state index contributed by atoms with van der Waals surface area (Å²) in [6.45, 7) is 0. The van der Waals surface area contributed by atoms with Gasteiger partial charge in [-0.3, -0.25) is 0 Å². The maximum atomic E-state index is 2.30. The van der Waals surface area contributed by atoms with Gasteiger partial charge in [0.25, 0.3) is 0 Å². The Morgan fingerprint density at radius 3 is 1.78 bits per heavy atom. The van der Waals surface area contributed by atoms with Crippen LogP contribution in [-0.4, -0.2) is 0 Å². The number of hydrogen-bond acceptors (Lipinski definition) is 2. The summed E-state index contributed by atoms with van der Waals surface area (Å²) in [6, 6.07) is 40.5. The summed E-state index contributed by atoms with van der Waals surface area (Å²) >= 11 is 1.72. The second kappa shape index (κ2) is 9.51. The fraction of sp³-hybridized carbons (Fsp3) is 0. The van der Waals surface area contributed by atoms with Crippen LogP contribution in [-0.2, 0) is 0 Å². The molecule has 0 radical (unpaired) electrons. The Hall–Kier alpha value is -3.88. The molecule has 0 saturated carbocycles. The minimum Gasteiger partial charge on any atom is -0.310 e. The first-order valence-electron chi connectivity index (χ1n) is 10.7. The van der Waals surface area contributed by atoms with Crippen molar-refractivity contribution in [2.45, 2.75) is 0 Å². The van der Waals surface area contributed by atoms with Gasteiger partial charge in [0.15, 0.2) is 0 Å². The molecule has 2 heteroatoms. The molecule has 0 aliphatic carbocycles. The lowest BCUT2D eigenvalue weighted by Gasteiger charge is -2.26. The van der Waals surface area contributed by atoms with Crippen molar-refractivity contribution in [2.24, 2.45) is 0 Å². The zero-order chi connectivity index (χ0) is 21.6. The number of nitrogens with zero attached hydrogens (tertiary/aromatic N) is 1. The number of rotatable bonds is 6. The highest BCUT2D eigenvalue weighted by atomic mass is 32.1. The van der Waals surface area contributed by atoms with Gasteiger partial charge in [-0.25, -0.2) is 0 Å². The largest absolute Gasteiger partial charge is 0.310 e. The minimum atomic E-state index is 1.13. The Balaban J connectivity index is 1.65. The quantitative estimate of drug-likeness (QED) is 0.260. The van der Waals surface area contributed by atoms with Gasteiger partial charge in [0.05, 0.1) is 0 Å². The highest BCUT2D eigenvalue weighted by Gasteiger charge is 2.14. The van der Waals surface area contributed by atoms with E-state index in [4.69, 9.17) is 0 Å². The van der Waals surface area contributed by atoms with E-state index in [-0.39, 0.29) is 0 Å². The Labute approximate surface area is 193 Å². The van der Waals surface area contributed by atoms with Crippen LogP contribution in [0, 0.1) is 0 Å². The van der Waals surface area contributed by atoms with Crippen molar-refractivity contribution in [3.05, 3.63) is 137 Å². The molecular weight excluding hydrogens is 406 g/mol. The monoisotopic (exact) mass is 429 g/mol. The molecule has 0 aliphatic heterocycles. The summed E-state index contributed by atoms with van der Waals surface area (Å²) in [7, 11) is 0. The second-order valence-electron chi connectivity index (χ2n) is 7.53. The van der Waals surface area contributed by atoms with E-state index in [0.717, 1.165) is 17.1 Å². The van der Waals surface area contributed by atoms with E-state index in [1.807, 2.05) is 0 Å². The van der Waals surface area contributed by atoms with Crippen molar-refractivity contribution < 1.29 is 0 Å². The van der Waals surface area contributed by atoms with Crippen molar-refractivity contribution in [1.29, 1.82) is 0 Å². The van der Waals surface area contributed by atoms with E-state index in [2.05, 4.69) is 143 Å². The van der Waals surface area contributed by atoms with E-state index >= 15 is 0 Å². The van der Waals surface area contributed by atoms with Crippen LogP contribution in [0.15, 0.2) is 126 Å². The number of benzene rings is 4. The molecule has 4 aromatic carbocycles. The maximum absolute atomic E-state index is 2.30. The summed E-state index contributed by atoms with van der Waals surface area (Å²) in [5, 5.41) is 4.28. The van der Waals surface area contributed by atoms with Gasteiger partial charge >= 0.3 is 0 Å². The molecule has 0 fully saturated rings. The van der Waals surface area contributed by atoms with Crippen molar-refractivity contribution in [2.75, 3.05) is 4.90 Å². The predicted molar refractivity (Wildman–Crippen MR) is 140 cm³/mol. The summed E-state index contributed by atoms with van der Waals surface area (Å²) < 4.78 is 0. The molecule has 0 aliphatic rings. The molecule has 0 unspecified atom stereocenters. The average Bonchev–Trinajstić information content (AvgIpc) is 3.39. The highest BCUT2D eigenvalue weighted by Crippen LogP contribution is 2.37. The summed E-state index contributed by atoms with van der Waals surface area (Å²) in [5.41, 5.74) is 8.26. The van der Waals surface area contributed by atoms with Crippen LogP contribution >= 0.6 is 11.3 Å². The number of anilines is 3. The molecule has 0 bridgehead atoms. The predicted octanol–water partition coefficient (Wildman–Crippen LogP) is 9.06. The topological polar surface area (TPSA) is 3.24 Å². The lowest BCUT2D eigenvalue weighted by atomic mass is 9.97. The first-order valence-corrected chi connectivity index (χ1v) is 11.6. The first-order chi connectivity index (χ1) is 15.9. The Morgan fingerprint density at radius 2 is 1.19 bits per heavy atom. The van der Waals surface area contributed by atoms with Crippen LogP contribution in [0.5, 0.6) is 0 Å². The molecule has 1 nitrogen and oxygen atoms in total. The Kier molecular flexibility index (Phi) is 5.95. The van der Waals surface area contributed by atoms with E-state index in [1.165, 1.54) is 22.3 Å². The van der Waals surface area contributed by atoms with Crippen molar-refractivity contribution >= 4 is 40.6 Å². The van der Waals surface area contributed by atoms with Crippen LogP contribution < -0.4 is 4.90 Å². The lowest BCUT2D eigenvalue weighted by Crippen LogP contribution is -2.10. The van der Waals surface area contributed by atoms with Crippen LogP contribution in [0.25, 0.3) is 23.3 Å². The minimum absolute atomic E-state index is 1.13. The normalized spacial score (nSPS) is 11.0. The van der Waals surface area contributed by atoms with Crippen LogP contribution in [0.3, 0.4) is 0 Å². The molecule has 32 heavy (non-hydrogen) atoms. The fourth-order valence-corrected chi connectivity index (χ4v) is 4.48. The standard InChI is InChI=1S/C30H23NS/c1-4-10-25(11-5-1)30-22-29(19-18-26(30)17-16-24-20-21-32-23-24)31(27-12-6-2-7-13-27)28-14-8-3-9-15-28/h1-23H/b17-16+. The van der Waals surface area contributed by atoms with E-state index in [0.29, 0.717) is 0 Å². The van der Waals surface area contributed by atoms with Crippen molar-refractivity contribution in [3.8, 4) is 11.1 Å². The fourth-order valence-electron chi connectivity index (χ4n) is 3.85. The van der Waals surface area contributed by atoms with E-state index in [9.17, 15) is 0 Å². The van der Waals surface area contributed by atoms with Crippen LogP contribution in [0.2, 0.25) is 0 Å². The molecule has 0 saturated heterocycles. The van der Waals surface area contributed by atoms with Crippen molar-refractivity contribution in [1.82, 2.24) is 0 Å². The molecule has 0 amide bonds. The van der Waals surface area contributed by atoms with Gasteiger partial charge in [0.1, 0.15) is 0 Å². The van der Waals surface area contributed by atoms with E-state index in [1.54, 1.807) is 11.3 Å². The van der Waals surface area contributed by atoms with Crippen LogP contribution in [0.1, 0.15) is 11.1 Å².